The van der Waals surface area contributed by atoms with Gasteiger partial charge in [-0.05, 0) is 20.3 Å². The van der Waals surface area contributed by atoms with Gasteiger partial charge in [-0.15, -0.1) is 0 Å². The van der Waals surface area contributed by atoms with Crippen LogP contribution in [0.1, 0.15) is 23.6 Å². The number of carboxylic acid groups (broad SMARTS) is 1. The number of likely N-dealkylation sites (tertiary alicyclic amines) is 1. The Kier molecular flexibility index (Phi) is 3.53. The molecule has 21 heavy (non-hydrogen) atoms. The molecule has 0 amide bonds. The second-order valence-electron chi connectivity index (χ2n) is 6.41. The summed E-state index contributed by atoms with van der Waals surface area (Å²) in [5.74, 6) is 0.418. The Morgan fingerprint density at radius 1 is 1.52 bits per heavy atom. The molecule has 1 N–H and O–H groups in total. The van der Waals surface area contributed by atoms with Gasteiger partial charge in [0.15, 0.2) is 0 Å². The summed E-state index contributed by atoms with van der Waals surface area (Å²) in [5.41, 5.74) is 1.58. The molecule has 3 heterocycles. The van der Waals surface area contributed by atoms with Crippen molar-refractivity contribution in [2.45, 2.75) is 26.8 Å². The molecule has 0 aliphatic carbocycles. The van der Waals surface area contributed by atoms with Gasteiger partial charge in [-0.2, -0.15) is 0 Å². The van der Waals surface area contributed by atoms with Gasteiger partial charge in [-0.25, -0.2) is 4.98 Å². The van der Waals surface area contributed by atoms with Gasteiger partial charge in [0.2, 0.25) is 0 Å². The zero-order valence-electron chi connectivity index (χ0n) is 12.9. The van der Waals surface area contributed by atoms with Crippen LogP contribution in [0.5, 0.6) is 0 Å². The van der Waals surface area contributed by atoms with Crippen molar-refractivity contribution in [3.05, 3.63) is 17.2 Å². The van der Waals surface area contributed by atoms with Crippen molar-refractivity contribution in [1.82, 2.24) is 14.5 Å². The summed E-state index contributed by atoms with van der Waals surface area (Å²) in [4.78, 5) is 18.6. The number of hydrogen-bond acceptors (Lipinski definition) is 4. The molecule has 0 radical (unpaired) electrons. The smallest absolute Gasteiger partial charge is 0.311 e. The van der Waals surface area contributed by atoms with Gasteiger partial charge in [-0.3, -0.25) is 9.69 Å². The van der Waals surface area contributed by atoms with Gasteiger partial charge in [0, 0.05) is 38.4 Å². The minimum atomic E-state index is -0.675. The Balaban J connectivity index is 1.79. The van der Waals surface area contributed by atoms with Gasteiger partial charge in [0.05, 0.1) is 24.3 Å². The van der Waals surface area contributed by atoms with E-state index < -0.39 is 11.4 Å². The van der Waals surface area contributed by atoms with E-state index in [4.69, 9.17) is 4.74 Å². The number of ether oxygens (including phenoxy) is 1. The first-order valence-electron chi connectivity index (χ1n) is 7.46. The first-order valence-corrected chi connectivity index (χ1v) is 7.46. The molecule has 2 aliphatic rings. The van der Waals surface area contributed by atoms with Crippen molar-refractivity contribution in [2.24, 2.45) is 18.4 Å². The Morgan fingerprint density at radius 3 is 2.86 bits per heavy atom. The number of aryl methyl sites for hydroxylation is 1. The minimum Gasteiger partial charge on any atom is -0.481 e. The van der Waals surface area contributed by atoms with Crippen LogP contribution >= 0.6 is 0 Å². The Bertz CT molecular complexity index is 569. The number of fused-ring (bicyclic) bond motifs is 1. The predicted octanol–water partition coefficient (Wildman–Crippen LogP) is 0.960. The van der Waals surface area contributed by atoms with E-state index in [1.165, 1.54) is 0 Å². The van der Waals surface area contributed by atoms with Crippen molar-refractivity contribution >= 4 is 5.97 Å². The van der Waals surface area contributed by atoms with Crippen LogP contribution in [0, 0.1) is 25.2 Å². The van der Waals surface area contributed by atoms with Crippen molar-refractivity contribution < 1.29 is 14.6 Å². The highest BCUT2D eigenvalue weighted by atomic mass is 16.5. The van der Waals surface area contributed by atoms with Gasteiger partial charge >= 0.3 is 5.97 Å². The summed E-state index contributed by atoms with van der Waals surface area (Å²) >= 11 is 0. The summed E-state index contributed by atoms with van der Waals surface area (Å²) in [7, 11) is 2.02. The Labute approximate surface area is 124 Å². The Morgan fingerprint density at radius 2 is 2.29 bits per heavy atom. The van der Waals surface area contributed by atoms with Gasteiger partial charge < -0.3 is 14.4 Å². The number of rotatable bonds is 3. The van der Waals surface area contributed by atoms with E-state index in [2.05, 4.69) is 21.4 Å². The lowest BCUT2D eigenvalue weighted by atomic mass is 9.74. The van der Waals surface area contributed by atoms with E-state index >= 15 is 0 Å². The van der Waals surface area contributed by atoms with Crippen molar-refractivity contribution in [2.75, 3.05) is 26.3 Å². The zero-order valence-corrected chi connectivity index (χ0v) is 12.9. The summed E-state index contributed by atoms with van der Waals surface area (Å²) in [5, 5.41) is 9.68. The molecule has 2 fully saturated rings. The highest BCUT2D eigenvalue weighted by molar-refractivity contribution is 5.76. The Hall–Kier alpha value is -1.40. The average Bonchev–Trinajstić information content (AvgIpc) is 2.93. The molecular weight excluding hydrogens is 270 g/mol. The molecular formula is C15H23N3O3. The summed E-state index contributed by atoms with van der Waals surface area (Å²) in [6.07, 6.45) is 0.613. The molecule has 2 aliphatic heterocycles. The highest BCUT2D eigenvalue weighted by Crippen LogP contribution is 2.42. The monoisotopic (exact) mass is 293 g/mol. The lowest BCUT2D eigenvalue weighted by molar-refractivity contribution is -0.157. The summed E-state index contributed by atoms with van der Waals surface area (Å²) < 4.78 is 7.59. The summed E-state index contributed by atoms with van der Waals surface area (Å²) in [6, 6.07) is 0. The second-order valence-corrected chi connectivity index (χ2v) is 6.41. The highest BCUT2D eigenvalue weighted by Gasteiger charge is 2.53. The zero-order chi connectivity index (χ0) is 15.2. The molecule has 1 aromatic rings. The molecule has 6 heteroatoms. The van der Waals surface area contributed by atoms with Crippen LogP contribution in [0.25, 0.3) is 0 Å². The fourth-order valence-corrected chi connectivity index (χ4v) is 3.65. The number of hydrogen-bond donors (Lipinski definition) is 1. The quantitative estimate of drug-likeness (QED) is 0.899. The van der Waals surface area contributed by atoms with E-state index in [1.54, 1.807) is 0 Å². The van der Waals surface area contributed by atoms with Crippen LogP contribution in [0.3, 0.4) is 0 Å². The van der Waals surface area contributed by atoms with Crippen LogP contribution < -0.4 is 0 Å². The maximum Gasteiger partial charge on any atom is 0.311 e. The van der Waals surface area contributed by atoms with Gasteiger partial charge in [0.1, 0.15) is 5.82 Å². The molecule has 3 rings (SSSR count). The second kappa shape index (κ2) is 5.10. The predicted molar refractivity (Wildman–Crippen MR) is 77.0 cm³/mol. The topological polar surface area (TPSA) is 67.6 Å². The van der Waals surface area contributed by atoms with Crippen LogP contribution in [-0.2, 0) is 23.1 Å². The normalized spacial score (nSPS) is 29.6. The third-order valence-corrected chi connectivity index (χ3v) is 5.28. The molecule has 1 aromatic heterocycles. The maximum absolute atomic E-state index is 11.8. The number of nitrogens with zero attached hydrogens (tertiary/aromatic N) is 3. The molecule has 0 bridgehead atoms. The fourth-order valence-electron chi connectivity index (χ4n) is 3.65. The van der Waals surface area contributed by atoms with Crippen LogP contribution in [0.4, 0.5) is 0 Å². The fraction of sp³-hybridized carbons (Fsp3) is 0.733. The van der Waals surface area contributed by atoms with E-state index in [0.29, 0.717) is 32.7 Å². The molecule has 0 saturated carbocycles. The van der Waals surface area contributed by atoms with Gasteiger partial charge in [-0.1, -0.05) is 0 Å². The molecule has 2 atom stereocenters. The summed E-state index contributed by atoms with van der Waals surface area (Å²) in [6.45, 7) is 7.26. The standard InChI is InChI=1S/C15H23N3O3/c1-10-11(2)17(3)13(16-10)7-18-6-12-8-21-5-4-15(12,9-18)14(19)20/h12H,4-9H2,1-3H3,(H,19,20)/t12-,15+/m1/s1. The maximum atomic E-state index is 11.8. The average molecular weight is 293 g/mol. The van der Waals surface area contributed by atoms with Gasteiger partial charge in [0.25, 0.3) is 0 Å². The van der Waals surface area contributed by atoms with Crippen LogP contribution in [0.2, 0.25) is 0 Å². The molecule has 0 spiro atoms. The van der Waals surface area contributed by atoms with Crippen molar-refractivity contribution in [3.8, 4) is 0 Å². The number of imidazole rings is 1. The SMILES string of the molecule is Cc1nc(CN2C[C@@H]3COCC[C@]3(C(=O)O)C2)n(C)c1C. The molecule has 0 unspecified atom stereocenters. The lowest BCUT2D eigenvalue weighted by Crippen LogP contribution is -2.44. The third kappa shape index (κ3) is 2.26. The molecule has 116 valence electrons. The van der Waals surface area contributed by atoms with Crippen molar-refractivity contribution in [3.63, 3.8) is 0 Å². The first kappa shape index (κ1) is 14.5. The third-order valence-electron chi connectivity index (χ3n) is 5.28. The number of aliphatic carboxylic acids is 1. The van der Waals surface area contributed by atoms with E-state index in [0.717, 1.165) is 23.8 Å². The first-order chi connectivity index (χ1) is 9.94. The number of carbonyl (C=O) groups is 1. The molecule has 2 saturated heterocycles. The van der Waals surface area contributed by atoms with E-state index in [9.17, 15) is 9.90 Å². The van der Waals surface area contributed by atoms with Crippen LogP contribution in [0.15, 0.2) is 0 Å². The van der Waals surface area contributed by atoms with E-state index in [1.807, 2.05) is 14.0 Å². The number of carboxylic acids is 1. The minimum absolute atomic E-state index is 0.0891. The van der Waals surface area contributed by atoms with E-state index in [-0.39, 0.29) is 5.92 Å². The lowest BCUT2D eigenvalue weighted by Gasteiger charge is -2.34. The molecule has 0 aromatic carbocycles. The number of aromatic nitrogens is 2. The molecule has 6 nitrogen and oxygen atoms in total. The largest absolute Gasteiger partial charge is 0.481 e. The van der Waals surface area contributed by atoms with Crippen LogP contribution in [-0.4, -0.2) is 51.8 Å². The van der Waals surface area contributed by atoms with Crippen molar-refractivity contribution in [1.29, 1.82) is 0 Å².